The van der Waals surface area contributed by atoms with E-state index in [1.54, 1.807) is 11.4 Å². The summed E-state index contributed by atoms with van der Waals surface area (Å²) in [6, 6.07) is 7.16. The lowest BCUT2D eigenvalue weighted by atomic mass is 9.83. The van der Waals surface area contributed by atoms with E-state index in [4.69, 9.17) is 4.74 Å². The van der Waals surface area contributed by atoms with Crippen LogP contribution in [0.4, 0.5) is 18.0 Å². The Balaban J connectivity index is 1.94. The molecule has 10 heteroatoms. The number of carbonyl (C=O) groups excluding carboxylic acids is 3. The largest absolute Gasteiger partial charge is 0.573 e. The van der Waals surface area contributed by atoms with E-state index in [2.05, 4.69) is 10.1 Å². The van der Waals surface area contributed by atoms with E-state index in [9.17, 15) is 27.6 Å². The van der Waals surface area contributed by atoms with Crippen molar-refractivity contribution in [1.82, 2.24) is 5.32 Å². The third kappa shape index (κ3) is 4.66. The van der Waals surface area contributed by atoms with Gasteiger partial charge in [0, 0.05) is 27.7 Å². The fourth-order valence-corrected chi connectivity index (χ4v) is 5.14. The summed E-state index contributed by atoms with van der Waals surface area (Å²) in [5, 5.41) is 3.31. The molecule has 1 fully saturated rings. The van der Waals surface area contributed by atoms with Crippen LogP contribution in [0.25, 0.3) is 11.1 Å². The highest BCUT2D eigenvalue weighted by atomic mass is 32.2. The second-order valence-corrected chi connectivity index (χ2v) is 10.2. The van der Waals surface area contributed by atoms with Gasteiger partial charge in [-0.1, -0.05) is 30.4 Å². The molecular weight excluding hydrogens is 459 g/mol. The molecule has 0 saturated carbocycles. The number of amides is 2. The average molecular weight is 479 g/mol. The number of fused-ring (bicyclic) bond motifs is 1. The third-order valence-electron chi connectivity index (χ3n) is 5.37. The maximum Gasteiger partial charge on any atom is 0.573 e. The van der Waals surface area contributed by atoms with Crippen LogP contribution in [0.1, 0.15) is 42.3 Å². The summed E-state index contributed by atoms with van der Waals surface area (Å²) in [5.41, 5.74) is 1.37. The normalized spacial score (nSPS) is 19.3. The quantitative estimate of drug-likeness (QED) is 0.504. The summed E-state index contributed by atoms with van der Waals surface area (Å²) in [4.78, 5) is 35.7. The minimum absolute atomic E-state index is 0.0124. The first-order valence-corrected chi connectivity index (χ1v) is 11.4. The van der Waals surface area contributed by atoms with Gasteiger partial charge in [-0.05, 0) is 42.1 Å². The number of nitrogens with one attached hydrogen (secondary N) is 1. The molecule has 0 aromatic heterocycles. The van der Waals surface area contributed by atoms with E-state index in [1.807, 2.05) is 13.8 Å². The molecule has 2 amide bonds. The zero-order valence-electron chi connectivity index (χ0n) is 18.0. The van der Waals surface area contributed by atoms with Crippen LogP contribution in [0.3, 0.4) is 0 Å². The van der Waals surface area contributed by atoms with Crippen molar-refractivity contribution in [2.45, 2.75) is 32.5 Å². The standard InChI is InChI=1S/C23H20F3NO5S/c1-12(28)14-7-16(20-17(8-14)22(2,3)11-31-20)15-6-13(4-5-18(15)32-23(24,25)26)9-33-10-19(29)27-21(33)30/h4-9H,10-11H2,1-3H3,(H,27,29,30). The van der Waals surface area contributed by atoms with Crippen molar-refractivity contribution in [2.75, 3.05) is 12.4 Å². The molecule has 2 aliphatic heterocycles. The summed E-state index contributed by atoms with van der Waals surface area (Å²) in [7, 11) is -1.04. The summed E-state index contributed by atoms with van der Waals surface area (Å²) < 4.78 is 49.6. The number of halogens is 3. The van der Waals surface area contributed by atoms with Crippen molar-refractivity contribution >= 4 is 32.8 Å². The lowest BCUT2D eigenvalue weighted by molar-refractivity contribution is -0.274. The van der Waals surface area contributed by atoms with E-state index in [1.165, 1.54) is 25.1 Å². The maximum atomic E-state index is 13.2. The van der Waals surface area contributed by atoms with Crippen LogP contribution in [0.2, 0.25) is 0 Å². The first-order chi connectivity index (χ1) is 15.3. The van der Waals surface area contributed by atoms with Crippen molar-refractivity contribution in [3.63, 3.8) is 0 Å². The number of imide groups is 1. The van der Waals surface area contributed by atoms with Crippen LogP contribution >= 0.6 is 10.5 Å². The average Bonchev–Trinajstić information content (AvgIpc) is 3.18. The molecule has 1 N–H and O–H groups in total. The Morgan fingerprint density at radius 3 is 2.52 bits per heavy atom. The summed E-state index contributed by atoms with van der Waals surface area (Å²) >= 11 is 0. The Morgan fingerprint density at radius 1 is 1.18 bits per heavy atom. The van der Waals surface area contributed by atoms with Crippen LogP contribution < -0.4 is 14.8 Å². The van der Waals surface area contributed by atoms with Crippen LogP contribution in [0, 0.1) is 0 Å². The molecule has 1 unspecified atom stereocenters. The predicted octanol–water partition coefficient (Wildman–Crippen LogP) is 4.79. The van der Waals surface area contributed by atoms with Crippen LogP contribution in [0.15, 0.2) is 30.3 Å². The summed E-state index contributed by atoms with van der Waals surface area (Å²) in [6.45, 7) is 5.51. The highest BCUT2D eigenvalue weighted by Gasteiger charge is 2.37. The molecule has 2 aromatic carbocycles. The lowest BCUT2D eigenvalue weighted by Crippen LogP contribution is -2.18. The summed E-state index contributed by atoms with van der Waals surface area (Å²) in [6.07, 6.45) is -4.94. The fraction of sp³-hybridized carbons (Fsp3) is 0.304. The molecule has 2 aliphatic rings. The minimum Gasteiger partial charge on any atom is -0.492 e. The number of hydrogen-bond donors (Lipinski definition) is 1. The van der Waals surface area contributed by atoms with Gasteiger partial charge in [0.15, 0.2) is 5.78 Å². The van der Waals surface area contributed by atoms with E-state index in [0.717, 1.165) is 6.07 Å². The van der Waals surface area contributed by atoms with Gasteiger partial charge in [-0.2, -0.15) is 0 Å². The van der Waals surface area contributed by atoms with Crippen molar-refractivity contribution in [1.29, 1.82) is 0 Å². The fourth-order valence-electron chi connectivity index (χ4n) is 3.75. The molecule has 33 heavy (non-hydrogen) atoms. The van der Waals surface area contributed by atoms with Gasteiger partial charge in [0.2, 0.25) is 5.91 Å². The van der Waals surface area contributed by atoms with E-state index in [0.29, 0.717) is 29.0 Å². The van der Waals surface area contributed by atoms with Gasteiger partial charge < -0.3 is 9.47 Å². The topological polar surface area (TPSA) is 81.7 Å². The zero-order chi connectivity index (χ0) is 24.1. The van der Waals surface area contributed by atoms with Gasteiger partial charge >= 0.3 is 6.36 Å². The molecule has 1 saturated heterocycles. The molecule has 2 aromatic rings. The molecule has 0 spiro atoms. The van der Waals surface area contributed by atoms with Crippen LogP contribution in [0.5, 0.6) is 11.5 Å². The molecule has 1 atom stereocenters. The van der Waals surface area contributed by atoms with E-state index >= 15 is 0 Å². The second kappa shape index (κ2) is 8.02. The SMILES string of the molecule is CC(=O)c1cc(-c2cc(C=S3CC(=O)NC3=O)ccc2OC(F)(F)F)c2c(c1)C(C)(C)CO2. The third-order valence-corrected chi connectivity index (χ3v) is 7.07. The Kier molecular flexibility index (Phi) is 5.60. The lowest BCUT2D eigenvalue weighted by Gasteiger charge is -2.19. The number of ether oxygens (including phenoxy) is 2. The zero-order valence-corrected chi connectivity index (χ0v) is 18.8. The molecule has 0 radical (unpaired) electrons. The van der Waals surface area contributed by atoms with Crippen LogP contribution in [-0.2, 0) is 10.2 Å². The van der Waals surface area contributed by atoms with Gasteiger partial charge in [-0.25, -0.2) is 0 Å². The number of carbonyl (C=O) groups is 3. The number of rotatable bonds is 4. The van der Waals surface area contributed by atoms with Crippen molar-refractivity contribution in [2.24, 2.45) is 0 Å². The Bertz CT molecular complexity index is 1230. The highest BCUT2D eigenvalue weighted by molar-refractivity contribution is 8.28. The second-order valence-electron chi connectivity index (χ2n) is 8.46. The van der Waals surface area contributed by atoms with Crippen molar-refractivity contribution in [3.05, 3.63) is 47.0 Å². The van der Waals surface area contributed by atoms with Gasteiger partial charge in [-0.3, -0.25) is 19.7 Å². The maximum absolute atomic E-state index is 13.2. The number of alkyl halides is 3. The first kappa shape index (κ1) is 23.0. The van der Waals surface area contributed by atoms with Gasteiger partial charge in [-0.15, -0.1) is 13.2 Å². The molecule has 174 valence electrons. The number of Topliss-reactive ketones (excluding diaryl/α,β-unsaturated/α-hetero) is 1. The molecular formula is C23H20F3NO5S. The van der Waals surface area contributed by atoms with E-state index in [-0.39, 0.29) is 22.7 Å². The van der Waals surface area contributed by atoms with Crippen LogP contribution in [-0.4, -0.2) is 41.0 Å². The molecule has 0 bridgehead atoms. The molecule has 2 heterocycles. The molecule has 0 aliphatic carbocycles. The number of benzene rings is 2. The number of hydrogen-bond acceptors (Lipinski definition) is 5. The molecule has 6 nitrogen and oxygen atoms in total. The smallest absolute Gasteiger partial charge is 0.492 e. The van der Waals surface area contributed by atoms with Crippen molar-refractivity contribution in [3.8, 4) is 22.6 Å². The van der Waals surface area contributed by atoms with Crippen molar-refractivity contribution < 1.29 is 37.0 Å². The monoisotopic (exact) mass is 479 g/mol. The Hall–Kier alpha value is -3.14. The van der Waals surface area contributed by atoms with Gasteiger partial charge in [0.05, 0.1) is 12.4 Å². The van der Waals surface area contributed by atoms with Gasteiger partial charge in [0.1, 0.15) is 11.5 Å². The van der Waals surface area contributed by atoms with E-state index < -0.39 is 39.2 Å². The van der Waals surface area contributed by atoms with Gasteiger partial charge in [0.25, 0.3) is 5.24 Å². The number of ketones is 1. The molecule has 4 rings (SSSR count). The predicted molar refractivity (Wildman–Crippen MR) is 118 cm³/mol. The minimum atomic E-state index is -4.94. The highest BCUT2D eigenvalue weighted by Crippen LogP contribution is 2.48. The first-order valence-electron chi connectivity index (χ1n) is 9.95. The Labute approximate surface area is 190 Å². The summed E-state index contributed by atoms with van der Waals surface area (Å²) in [5.74, 6) is -0.747. The Morgan fingerprint density at radius 2 is 1.91 bits per heavy atom.